The van der Waals surface area contributed by atoms with Gasteiger partial charge in [-0.25, -0.2) is 0 Å². The second-order valence-corrected chi connectivity index (χ2v) is 6.18. The van der Waals surface area contributed by atoms with E-state index in [9.17, 15) is 0 Å². The lowest BCUT2D eigenvalue weighted by Gasteiger charge is -2.27. The van der Waals surface area contributed by atoms with Crippen molar-refractivity contribution in [2.75, 3.05) is 13.1 Å². The Balaban J connectivity index is 1.68. The van der Waals surface area contributed by atoms with E-state index < -0.39 is 0 Å². The van der Waals surface area contributed by atoms with Crippen LogP contribution in [0.15, 0.2) is 24.3 Å². The van der Waals surface area contributed by atoms with Gasteiger partial charge in [0.1, 0.15) is 0 Å². The van der Waals surface area contributed by atoms with E-state index in [1.54, 1.807) is 0 Å². The van der Waals surface area contributed by atoms with Crippen LogP contribution in [0, 0.1) is 6.92 Å². The van der Waals surface area contributed by atoms with Gasteiger partial charge < -0.3 is 5.32 Å². The van der Waals surface area contributed by atoms with Gasteiger partial charge in [0.2, 0.25) is 0 Å². The molecular weight excluding hydrogens is 232 g/mol. The number of aryl methyl sites for hydroxylation is 1. The van der Waals surface area contributed by atoms with Gasteiger partial charge in [0, 0.05) is 24.7 Å². The van der Waals surface area contributed by atoms with Gasteiger partial charge in [-0.1, -0.05) is 36.8 Å². The highest BCUT2D eigenvalue weighted by atomic mass is 15.2. The van der Waals surface area contributed by atoms with Crippen LogP contribution < -0.4 is 5.32 Å². The summed E-state index contributed by atoms with van der Waals surface area (Å²) in [4.78, 5) is 2.68. The molecule has 2 aliphatic heterocycles. The first-order chi connectivity index (χ1) is 9.28. The average Bonchev–Trinajstić information content (AvgIpc) is 3.01. The Labute approximate surface area is 117 Å². The normalized spacial score (nSPS) is 28.5. The molecule has 0 spiro atoms. The van der Waals surface area contributed by atoms with Crippen LogP contribution >= 0.6 is 0 Å². The Hall–Kier alpha value is -0.860. The average molecular weight is 258 g/mol. The molecule has 3 unspecified atom stereocenters. The van der Waals surface area contributed by atoms with E-state index in [2.05, 4.69) is 48.3 Å². The van der Waals surface area contributed by atoms with Gasteiger partial charge in [0.25, 0.3) is 0 Å². The van der Waals surface area contributed by atoms with E-state index >= 15 is 0 Å². The molecule has 0 radical (unpaired) electrons. The molecule has 1 N–H and O–H groups in total. The lowest BCUT2D eigenvalue weighted by Crippen LogP contribution is -2.40. The summed E-state index contributed by atoms with van der Waals surface area (Å²) < 4.78 is 0. The molecule has 2 nitrogen and oxygen atoms in total. The third-order valence-corrected chi connectivity index (χ3v) is 4.91. The molecule has 19 heavy (non-hydrogen) atoms. The van der Waals surface area contributed by atoms with Gasteiger partial charge in [-0.3, -0.25) is 4.90 Å². The summed E-state index contributed by atoms with van der Waals surface area (Å²) in [5.41, 5.74) is 2.80. The predicted molar refractivity (Wildman–Crippen MR) is 80.3 cm³/mol. The molecule has 1 aromatic carbocycles. The summed E-state index contributed by atoms with van der Waals surface area (Å²) in [5, 5.41) is 3.93. The van der Waals surface area contributed by atoms with Crippen molar-refractivity contribution >= 4 is 0 Å². The van der Waals surface area contributed by atoms with Crippen molar-refractivity contribution in [2.24, 2.45) is 0 Å². The van der Waals surface area contributed by atoms with Gasteiger partial charge in [-0.2, -0.15) is 0 Å². The molecule has 2 heterocycles. The minimum atomic E-state index is 0.520. The van der Waals surface area contributed by atoms with Crippen molar-refractivity contribution in [3.63, 3.8) is 0 Å². The summed E-state index contributed by atoms with van der Waals surface area (Å²) in [6, 6.07) is 11.1. The molecule has 2 heteroatoms. The zero-order valence-electron chi connectivity index (χ0n) is 12.2. The van der Waals surface area contributed by atoms with Crippen LogP contribution in [0.2, 0.25) is 0 Å². The largest absolute Gasteiger partial charge is 0.306 e. The molecule has 1 aromatic rings. The quantitative estimate of drug-likeness (QED) is 0.891. The van der Waals surface area contributed by atoms with Gasteiger partial charge in [-0.15, -0.1) is 0 Å². The van der Waals surface area contributed by atoms with Crippen LogP contribution in [0.25, 0.3) is 0 Å². The standard InChI is InChI=1S/C17H26N2/c1-3-15(14-8-6-13(2)7-9-14)18-16-10-12-19-11-4-5-17(16)19/h6-9,15-18H,3-5,10-12H2,1-2H3. The third-order valence-electron chi connectivity index (χ3n) is 4.91. The highest BCUT2D eigenvalue weighted by molar-refractivity contribution is 5.24. The Morgan fingerprint density at radius 2 is 2.00 bits per heavy atom. The first-order valence-corrected chi connectivity index (χ1v) is 7.84. The van der Waals surface area contributed by atoms with Crippen LogP contribution in [-0.4, -0.2) is 30.1 Å². The Bertz CT molecular complexity index is 412. The molecule has 2 saturated heterocycles. The monoisotopic (exact) mass is 258 g/mol. The molecular formula is C17H26N2. The van der Waals surface area contributed by atoms with Crippen LogP contribution in [-0.2, 0) is 0 Å². The third kappa shape index (κ3) is 2.70. The SMILES string of the molecule is CCC(NC1CCN2CCCC12)c1ccc(C)cc1. The summed E-state index contributed by atoms with van der Waals surface area (Å²) in [7, 11) is 0. The van der Waals surface area contributed by atoms with Crippen molar-refractivity contribution in [3.8, 4) is 0 Å². The molecule has 0 saturated carbocycles. The first-order valence-electron chi connectivity index (χ1n) is 7.84. The van der Waals surface area contributed by atoms with Crippen molar-refractivity contribution in [1.29, 1.82) is 0 Å². The first kappa shape index (κ1) is 13.1. The van der Waals surface area contributed by atoms with E-state index in [1.165, 1.54) is 49.9 Å². The summed E-state index contributed by atoms with van der Waals surface area (Å²) >= 11 is 0. The van der Waals surface area contributed by atoms with E-state index in [0.29, 0.717) is 12.1 Å². The van der Waals surface area contributed by atoms with Crippen molar-refractivity contribution in [1.82, 2.24) is 10.2 Å². The number of hydrogen-bond acceptors (Lipinski definition) is 2. The zero-order valence-corrected chi connectivity index (χ0v) is 12.2. The number of fused-ring (bicyclic) bond motifs is 1. The fourth-order valence-corrected chi connectivity index (χ4v) is 3.78. The smallest absolute Gasteiger partial charge is 0.0320 e. The van der Waals surface area contributed by atoms with Crippen molar-refractivity contribution in [2.45, 2.75) is 57.7 Å². The second-order valence-electron chi connectivity index (χ2n) is 6.18. The highest BCUT2D eigenvalue weighted by Gasteiger charge is 2.37. The van der Waals surface area contributed by atoms with Crippen LogP contribution in [0.5, 0.6) is 0 Å². The van der Waals surface area contributed by atoms with Crippen LogP contribution in [0.1, 0.15) is 49.8 Å². The molecule has 3 atom stereocenters. The molecule has 0 aliphatic carbocycles. The van der Waals surface area contributed by atoms with Crippen molar-refractivity contribution in [3.05, 3.63) is 35.4 Å². The van der Waals surface area contributed by atoms with Gasteiger partial charge in [0.15, 0.2) is 0 Å². The number of nitrogens with one attached hydrogen (secondary N) is 1. The van der Waals surface area contributed by atoms with E-state index in [0.717, 1.165) is 6.04 Å². The Morgan fingerprint density at radius 1 is 1.21 bits per heavy atom. The molecule has 0 bridgehead atoms. The highest BCUT2D eigenvalue weighted by Crippen LogP contribution is 2.30. The molecule has 104 valence electrons. The maximum atomic E-state index is 3.93. The number of nitrogens with zero attached hydrogens (tertiary/aromatic N) is 1. The maximum absolute atomic E-state index is 3.93. The Morgan fingerprint density at radius 3 is 2.74 bits per heavy atom. The van der Waals surface area contributed by atoms with E-state index in [-0.39, 0.29) is 0 Å². The lowest BCUT2D eigenvalue weighted by molar-refractivity contribution is 0.287. The predicted octanol–water partition coefficient (Wildman–Crippen LogP) is 3.27. The zero-order chi connectivity index (χ0) is 13.2. The molecule has 2 aliphatic rings. The second kappa shape index (κ2) is 5.64. The van der Waals surface area contributed by atoms with Gasteiger partial charge in [0.05, 0.1) is 0 Å². The molecule has 2 fully saturated rings. The fourth-order valence-electron chi connectivity index (χ4n) is 3.78. The summed E-state index contributed by atoms with van der Waals surface area (Å²) in [5.74, 6) is 0. The topological polar surface area (TPSA) is 15.3 Å². The van der Waals surface area contributed by atoms with Crippen LogP contribution in [0.3, 0.4) is 0 Å². The molecule has 0 amide bonds. The number of rotatable bonds is 4. The minimum Gasteiger partial charge on any atom is -0.306 e. The van der Waals surface area contributed by atoms with E-state index in [4.69, 9.17) is 0 Å². The molecule has 0 aromatic heterocycles. The van der Waals surface area contributed by atoms with Gasteiger partial charge >= 0.3 is 0 Å². The summed E-state index contributed by atoms with van der Waals surface area (Å²) in [6.45, 7) is 7.07. The number of hydrogen-bond donors (Lipinski definition) is 1. The number of benzene rings is 1. The lowest BCUT2D eigenvalue weighted by atomic mass is 9.99. The maximum Gasteiger partial charge on any atom is 0.0320 e. The van der Waals surface area contributed by atoms with Crippen molar-refractivity contribution < 1.29 is 0 Å². The Kier molecular flexibility index (Phi) is 3.90. The van der Waals surface area contributed by atoms with Crippen LogP contribution in [0.4, 0.5) is 0 Å². The molecule has 3 rings (SSSR count). The van der Waals surface area contributed by atoms with Gasteiger partial charge in [-0.05, 0) is 44.7 Å². The fraction of sp³-hybridized carbons (Fsp3) is 0.647. The summed E-state index contributed by atoms with van der Waals surface area (Å²) in [6.07, 6.45) is 5.28. The van der Waals surface area contributed by atoms with E-state index in [1.807, 2.05) is 0 Å². The minimum absolute atomic E-state index is 0.520.